The van der Waals surface area contributed by atoms with Crippen molar-refractivity contribution in [2.24, 2.45) is 0 Å². The molecule has 0 aliphatic heterocycles. The SMILES string of the molecule is COc1ccc2c(CSc3nc4c(cnn4-c4ccccc4)c(=O)[nH]3)cc(=O)oc2c1. The lowest BCUT2D eigenvalue weighted by Gasteiger charge is -2.07. The summed E-state index contributed by atoms with van der Waals surface area (Å²) >= 11 is 1.32. The summed E-state index contributed by atoms with van der Waals surface area (Å²) in [6, 6.07) is 16.3. The summed E-state index contributed by atoms with van der Waals surface area (Å²) in [6.45, 7) is 0. The molecular weight excluding hydrogens is 416 g/mol. The zero-order chi connectivity index (χ0) is 21.4. The number of aromatic nitrogens is 4. The van der Waals surface area contributed by atoms with Gasteiger partial charge < -0.3 is 14.1 Å². The van der Waals surface area contributed by atoms with Crippen LogP contribution in [0.3, 0.4) is 0 Å². The van der Waals surface area contributed by atoms with Gasteiger partial charge in [0.2, 0.25) is 0 Å². The lowest BCUT2D eigenvalue weighted by Crippen LogP contribution is -2.10. The van der Waals surface area contributed by atoms with Crippen molar-refractivity contribution in [3.05, 3.63) is 87.1 Å². The summed E-state index contributed by atoms with van der Waals surface area (Å²) in [7, 11) is 1.55. The molecule has 9 heteroatoms. The topological polar surface area (TPSA) is 103 Å². The largest absolute Gasteiger partial charge is 0.497 e. The zero-order valence-corrected chi connectivity index (χ0v) is 17.2. The van der Waals surface area contributed by atoms with Crippen LogP contribution >= 0.6 is 11.8 Å². The quantitative estimate of drug-likeness (QED) is 0.257. The summed E-state index contributed by atoms with van der Waals surface area (Å²) in [5.74, 6) is 1.02. The fraction of sp³-hybridized carbons (Fsp3) is 0.0909. The van der Waals surface area contributed by atoms with E-state index in [0.717, 1.165) is 16.6 Å². The lowest BCUT2D eigenvalue weighted by molar-refractivity contribution is 0.414. The number of nitrogens with zero attached hydrogens (tertiary/aromatic N) is 3. The summed E-state index contributed by atoms with van der Waals surface area (Å²) in [5.41, 5.74) is 1.79. The van der Waals surface area contributed by atoms with Gasteiger partial charge >= 0.3 is 5.63 Å². The normalized spacial score (nSPS) is 11.3. The second-order valence-electron chi connectivity index (χ2n) is 6.74. The van der Waals surface area contributed by atoms with E-state index in [2.05, 4.69) is 15.1 Å². The molecular formula is C22H16N4O4S. The van der Waals surface area contributed by atoms with Crippen LogP contribution in [-0.2, 0) is 5.75 Å². The Hall–Kier alpha value is -3.85. The minimum atomic E-state index is -0.449. The molecule has 3 heterocycles. The second kappa shape index (κ2) is 7.77. The Balaban J connectivity index is 1.52. The number of nitrogens with one attached hydrogen (secondary N) is 1. The maximum atomic E-state index is 12.6. The Morgan fingerprint density at radius 3 is 2.74 bits per heavy atom. The van der Waals surface area contributed by atoms with E-state index in [1.165, 1.54) is 24.0 Å². The zero-order valence-electron chi connectivity index (χ0n) is 16.4. The van der Waals surface area contributed by atoms with Gasteiger partial charge in [-0.05, 0) is 29.8 Å². The van der Waals surface area contributed by atoms with Crippen LogP contribution in [-0.4, -0.2) is 26.9 Å². The van der Waals surface area contributed by atoms with Crippen LogP contribution in [0.1, 0.15) is 5.56 Å². The predicted octanol–water partition coefficient (Wildman–Crippen LogP) is 3.52. The highest BCUT2D eigenvalue weighted by molar-refractivity contribution is 7.98. The number of hydrogen-bond donors (Lipinski definition) is 1. The van der Waals surface area contributed by atoms with Crippen LogP contribution in [0.5, 0.6) is 5.75 Å². The Kier molecular flexibility index (Phi) is 4.79. The molecule has 2 aromatic carbocycles. The molecule has 0 bridgehead atoms. The summed E-state index contributed by atoms with van der Waals surface area (Å²) in [4.78, 5) is 32.0. The number of methoxy groups -OCH3 is 1. The Morgan fingerprint density at radius 1 is 1.10 bits per heavy atom. The summed E-state index contributed by atoms with van der Waals surface area (Å²) in [6.07, 6.45) is 1.51. The van der Waals surface area contributed by atoms with E-state index in [0.29, 0.717) is 33.3 Å². The number of thioether (sulfide) groups is 1. The molecule has 0 fully saturated rings. The Morgan fingerprint density at radius 2 is 1.94 bits per heavy atom. The first kappa shape index (κ1) is 19.1. The number of para-hydroxylation sites is 1. The number of hydrogen-bond acceptors (Lipinski definition) is 7. The molecule has 0 aliphatic rings. The van der Waals surface area contributed by atoms with Crippen molar-refractivity contribution < 1.29 is 9.15 Å². The van der Waals surface area contributed by atoms with Crippen LogP contribution in [0.4, 0.5) is 0 Å². The Labute approximate surface area is 179 Å². The van der Waals surface area contributed by atoms with Gasteiger partial charge in [0.15, 0.2) is 10.8 Å². The van der Waals surface area contributed by atoms with Crippen LogP contribution in [0.15, 0.2) is 80.0 Å². The average molecular weight is 432 g/mol. The second-order valence-corrected chi connectivity index (χ2v) is 7.71. The van der Waals surface area contributed by atoms with Gasteiger partial charge in [-0.15, -0.1) is 0 Å². The van der Waals surface area contributed by atoms with E-state index >= 15 is 0 Å². The van der Waals surface area contributed by atoms with Crippen molar-refractivity contribution in [2.45, 2.75) is 10.9 Å². The highest BCUT2D eigenvalue weighted by Crippen LogP contribution is 2.27. The number of rotatable bonds is 5. The Bertz CT molecular complexity index is 1520. The van der Waals surface area contributed by atoms with E-state index in [4.69, 9.17) is 9.15 Å². The average Bonchev–Trinajstić information content (AvgIpc) is 3.22. The molecule has 0 saturated heterocycles. The van der Waals surface area contributed by atoms with E-state index in [1.54, 1.807) is 23.9 Å². The van der Waals surface area contributed by atoms with Gasteiger partial charge in [-0.1, -0.05) is 30.0 Å². The minimum absolute atomic E-state index is 0.267. The molecule has 0 aliphatic carbocycles. The maximum absolute atomic E-state index is 12.6. The molecule has 0 atom stereocenters. The first-order chi connectivity index (χ1) is 15.1. The molecule has 154 valence electrons. The predicted molar refractivity (Wildman–Crippen MR) is 118 cm³/mol. The summed E-state index contributed by atoms with van der Waals surface area (Å²) in [5, 5.41) is 5.95. The van der Waals surface area contributed by atoms with E-state index in [-0.39, 0.29) is 5.56 Å². The number of benzene rings is 2. The van der Waals surface area contributed by atoms with E-state index < -0.39 is 5.63 Å². The van der Waals surface area contributed by atoms with E-state index in [9.17, 15) is 9.59 Å². The van der Waals surface area contributed by atoms with Gasteiger partial charge in [-0.2, -0.15) is 5.10 Å². The molecule has 31 heavy (non-hydrogen) atoms. The third kappa shape index (κ3) is 3.59. The monoisotopic (exact) mass is 432 g/mol. The third-order valence-electron chi connectivity index (χ3n) is 4.82. The van der Waals surface area contributed by atoms with Crippen molar-refractivity contribution in [3.8, 4) is 11.4 Å². The fourth-order valence-corrected chi connectivity index (χ4v) is 4.17. The van der Waals surface area contributed by atoms with E-state index in [1.807, 2.05) is 36.4 Å². The van der Waals surface area contributed by atoms with Crippen molar-refractivity contribution in [3.63, 3.8) is 0 Å². The van der Waals surface area contributed by atoms with Gasteiger partial charge in [-0.25, -0.2) is 14.5 Å². The van der Waals surface area contributed by atoms with Crippen LogP contribution in [0.25, 0.3) is 27.7 Å². The molecule has 0 radical (unpaired) electrons. The lowest BCUT2D eigenvalue weighted by atomic mass is 10.1. The number of ether oxygens (including phenoxy) is 1. The minimum Gasteiger partial charge on any atom is -0.497 e. The molecule has 0 amide bonds. The molecule has 0 saturated carbocycles. The number of H-pyrrole nitrogens is 1. The summed E-state index contributed by atoms with van der Waals surface area (Å²) < 4.78 is 12.1. The number of fused-ring (bicyclic) bond motifs is 2. The molecule has 0 spiro atoms. The van der Waals surface area contributed by atoms with Crippen molar-refractivity contribution >= 4 is 33.8 Å². The molecule has 8 nitrogen and oxygen atoms in total. The highest BCUT2D eigenvalue weighted by atomic mass is 32.2. The first-order valence-electron chi connectivity index (χ1n) is 9.39. The number of aromatic amines is 1. The molecule has 1 N–H and O–H groups in total. The van der Waals surface area contributed by atoms with Crippen molar-refractivity contribution in [2.75, 3.05) is 7.11 Å². The van der Waals surface area contributed by atoms with Gasteiger partial charge in [0.25, 0.3) is 5.56 Å². The van der Waals surface area contributed by atoms with Gasteiger partial charge in [-0.3, -0.25) is 4.79 Å². The van der Waals surface area contributed by atoms with Crippen molar-refractivity contribution in [1.29, 1.82) is 0 Å². The standard InChI is InChI=1S/C22H16N4O4S/c1-29-15-7-8-16-13(9-19(27)30-18(16)10-15)12-31-22-24-20-17(21(28)25-22)11-23-26(20)14-5-3-2-4-6-14/h2-11H,12H2,1H3,(H,24,25,28). The van der Waals surface area contributed by atoms with Gasteiger partial charge in [0, 0.05) is 23.3 Å². The highest BCUT2D eigenvalue weighted by Gasteiger charge is 2.13. The smallest absolute Gasteiger partial charge is 0.336 e. The molecule has 3 aromatic heterocycles. The van der Waals surface area contributed by atoms with Crippen LogP contribution in [0, 0.1) is 0 Å². The molecule has 5 aromatic rings. The third-order valence-corrected chi connectivity index (χ3v) is 5.74. The van der Waals surface area contributed by atoms with Crippen LogP contribution < -0.4 is 15.9 Å². The maximum Gasteiger partial charge on any atom is 0.336 e. The van der Waals surface area contributed by atoms with Gasteiger partial charge in [0.05, 0.1) is 19.0 Å². The fourth-order valence-electron chi connectivity index (χ4n) is 3.33. The molecule has 5 rings (SSSR count). The van der Waals surface area contributed by atoms with Crippen LogP contribution in [0.2, 0.25) is 0 Å². The van der Waals surface area contributed by atoms with Gasteiger partial charge in [0.1, 0.15) is 16.7 Å². The first-order valence-corrected chi connectivity index (χ1v) is 10.4. The van der Waals surface area contributed by atoms with Crippen molar-refractivity contribution in [1.82, 2.24) is 19.7 Å². The molecule has 0 unspecified atom stereocenters.